The van der Waals surface area contributed by atoms with E-state index in [1.165, 1.54) is 0 Å². The Labute approximate surface area is 162 Å². The van der Waals surface area contributed by atoms with Crippen molar-refractivity contribution in [3.8, 4) is 11.5 Å². The van der Waals surface area contributed by atoms with E-state index in [0.29, 0.717) is 13.2 Å². The van der Waals surface area contributed by atoms with Gasteiger partial charge < -0.3 is 20.1 Å². The number of halogens is 1. The first kappa shape index (κ1) is 18.6. The monoisotopic (exact) mass is 418 g/mol. The fraction of sp³-hybridized carbons (Fsp3) is 0.350. The van der Waals surface area contributed by atoms with Crippen molar-refractivity contribution in [2.45, 2.75) is 32.4 Å². The molecule has 0 saturated carbocycles. The Hall–Kier alpha value is -2.21. The van der Waals surface area contributed by atoms with Gasteiger partial charge in [0.05, 0.1) is 25.3 Å². The van der Waals surface area contributed by atoms with Crippen LogP contribution in [-0.4, -0.2) is 19.2 Å². The van der Waals surface area contributed by atoms with Gasteiger partial charge in [-0.05, 0) is 49.7 Å². The third-order valence-electron chi connectivity index (χ3n) is 4.33. The third kappa shape index (κ3) is 4.49. The zero-order valence-corrected chi connectivity index (χ0v) is 16.5. The summed E-state index contributed by atoms with van der Waals surface area (Å²) in [5.74, 6) is 1.63. The second-order valence-corrected chi connectivity index (χ2v) is 7.13. The lowest BCUT2D eigenvalue weighted by Gasteiger charge is -2.27. The van der Waals surface area contributed by atoms with Crippen LogP contribution in [0.15, 0.2) is 46.9 Å². The Morgan fingerprint density at radius 3 is 3.00 bits per heavy atom. The van der Waals surface area contributed by atoms with E-state index < -0.39 is 0 Å². The number of urea groups is 1. The molecule has 2 unspecified atom stereocenters. The molecule has 1 aliphatic heterocycles. The second kappa shape index (κ2) is 8.45. The summed E-state index contributed by atoms with van der Waals surface area (Å²) in [5, 5.41) is 6.06. The maximum Gasteiger partial charge on any atom is 0.315 e. The van der Waals surface area contributed by atoms with Crippen LogP contribution in [0.1, 0.15) is 43.5 Å². The molecule has 26 heavy (non-hydrogen) atoms. The molecular weight excluding hydrogens is 396 g/mol. The van der Waals surface area contributed by atoms with E-state index >= 15 is 0 Å². The Morgan fingerprint density at radius 1 is 1.35 bits per heavy atom. The van der Waals surface area contributed by atoms with Gasteiger partial charge >= 0.3 is 6.03 Å². The molecular formula is C20H23BrN2O3. The van der Waals surface area contributed by atoms with Crippen molar-refractivity contribution in [3.63, 3.8) is 0 Å². The summed E-state index contributed by atoms with van der Waals surface area (Å²) in [6.07, 6.45) is 0.741. The summed E-state index contributed by atoms with van der Waals surface area (Å²) in [4.78, 5) is 12.5. The molecule has 0 saturated heterocycles. The van der Waals surface area contributed by atoms with Gasteiger partial charge in [-0.2, -0.15) is 0 Å². The lowest BCUT2D eigenvalue weighted by molar-refractivity contribution is 0.221. The quantitative estimate of drug-likeness (QED) is 0.737. The number of benzene rings is 2. The van der Waals surface area contributed by atoms with Gasteiger partial charge in [-0.3, -0.25) is 0 Å². The highest BCUT2D eigenvalue weighted by Crippen LogP contribution is 2.34. The van der Waals surface area contributed by atoms with Crippen molar-refractivity contribution in [2.75, 3.05) is 13.2 Å². The van der Waals surface area contributed by atoms with Gasteiger partial charge in [0.1, 0.15) is 11.5 Å². The number of hydrogen-bond acceptors (Lipinski definition) is 3. The Morgan fingerprint density at radius 2 is 2.19 bits per heavy atom. The number of rotatable bonds is 5. The zero-order valence-electron chi connectivity index (χ0n) is 14.9. The minimum absolute atomic E-state index is 0.0711. The molecule has 6 heteroatoms. The minimum atomic E-state index is -0.197. The summed E-state index contributed by atoms with van der Waals surface area (Å²) in [6, 6.07) is 13.2. The summed E-state index contributed by atoms with van der Waals surface area (Å²) in [6.45, 7) is 5.11. The van der Waals surface area contributed by atoms with Crippen LogP contribution in [-0.2, 0) is 0 Å². The van der Waals surface area contributed by atoms with Crippen LogP contribution in [0.2, 0.25) is 0 Å². The van der Waals surface area contributed by atoms with E-state index in [4.69, 9.17) is 9.47 Å². The molecule has 0 fully saturated rings. The highest BCUT2D eigenvalue weighted by atomic mass is 79.9. The van der Waals surface area contributed by atoms with Crippen LogP contribution in [0.25, 0.3) is 0 Å². The predicted molar refractivity (Wildman–Crippen MR) is 105 cm³/mol. The average Bonchev–Trinajstić information content (AvgIpc) is 2.62. The molecule has 5 nitrogen and oxygen atoms in total. The molecule has 2 N–H and O–H groups in total. The van der Waals surface area contributed by atoms with Crippen molar-refractivity contribution in [2.24, 2.45) is 0 Å². The lowest BCUT2D eigenvalue weighted by Crippen LogP contribution is -2.40. The van der Waals surface area contributed by atoms with E-state index in [1.54, 1.807) is 0 Å². The van der Waals surface area contributed by atoms with Gasteiger partial charge in [-0.25, -0.2) is 4.79 Å². The van der Waals surface area contributed by atoms with Crippen LogP contribution >= 0.6 is 15.9 Å². The number of ether oxygens (including phenoxy) is 2. The molecule has 0 bridgehead atoms. The normalized spacial score (nSPS) is 16.8. The highest BCUT2D eigenvalue weighted by Gasteiger charge is 2.24. The first-order valence-electron chi connectivity index (χ1n) is 8.79. The third-order valence-corrected chi connectivity index (χ3v) is 4.83. The SMILES string of the molecule is CCOc1cccc(C(C)NC(=O)NC2CCOc3ccc(Br)cc32)c1. The van der Waals surface area contributed by atoms with Crippen LogP contribution in [0.3, 0.4) is 0 Å². The first-order valence-corrected chi connectivity index (χ1v) is 9.58. The van der Waals surface area contributed by atoms with Crippen LogP contribution in [0.5, 0.6) is 11.5 Å². The van der Waals surface area contributed by atoms with Gasteiger partial charge in [-0.15, -0.1) is 0 Å². The van der Waals surface area contributed by atoms with Gasteiger partial charge in [0, 0.05) is 16.5 Å². The molecule has 138 valence electrons. The summed E-state index contributed by atoms with van der Waals surface area (Å²) in [7, 11) is 0. The maximum absolute atomic E-state index is 12.5. The van der Waals surface area contributed by atoms with Crippen LogP contribution in [0.4, 0.5) is 4.79 Å². The fourth-order valence-electron chi connectivity index (χ4n) is 3.04. The van der Waals surface area contributed by atoms with Crippen molar-refractivity contribution in [3.05, 3.63) is 58.1 Å². The lowest BCUT2D eigenvalue weighted by atomic mass is 10.0. The van der Waals surface area contributed by atoms with Gasteiger partial charge in [-0.1, -0.05) is 28.1 Å². The first-order chi connectivity index (χ1) is 12.6. The van der Waals surface area contributed by atoms with Crippen molar-refractivity contribution in [1.29, 1.82) is 0 Å². The summed E-state index contributed by atoms with van der Waals surface area (Å²) < 4.78 is 12.2. The molecule has 2 amide bonds. The van der Waals surface area contributed by atoms with E-state index in [2.05, 4.69) is 26.6 Å². The molecule has 0 aromatic heterocycles. The number of hydrogen-bond donors (Lipinski definition) is 2. The van der Waals surface area contributed by atoms with Gasteiger partial charge in [0.25, 0.3) is 0 Å². The van der Waals surface area contributed by atoms with Crippen molar-refractivity contribution >= 4 is 22.0 Å². The molecule has 1 heterocycles. The second-order valence-electron chi connectivity index (χ2n) is 6.22. The van der Waals surface area contributed by atoms with Crippen molar-refractivity contribution < 1.29 is 14.3 Å². The van der Waals surface area contributed by atoms with Crippen molar-refractivity contribution in [1.82, 2.24) is 10.6 Å². The fourth-order valence-corrected chi connectivity index (χ4v) is 3.41. The molecule has 0 spiro atoms. The standard InChI is InChI=1S/C20H23BrN2O3/c1-3-25-16-6-4-5-14(11-16)13(2)22-20(24)23-18-9-10-26-19-8-7-15(21)12-17(18)19/h4-8,11-13,18H,3,9-10H2,1-2H3,(H2,22,23,24). The average molecular weight is 419 g/mol. The predicted octanol–water partition coefficient (Wildman–Crippen LogP) is 4.73. The Bertz CT molecular complexity index is 781. The number of carbonyl (C=O) groups excluding carboxylic acids is 1. The number of nitrogens with one attached hydrogen (secondary N) is 2. The largest absolute Gasteiger partial charge is 0.494 e. The van der Waals surface area contributed by atoms with E-state index in [-0.39, 0.29) is 18.1 Å². The molecule has 2 aromatic carbocycles. The van der Waals surface area contributed by atoms with E-state index in [0.717, 1.165) is 33.5 Å². The molecule has 0 radical (unpaired) electrons. The van der Waals surface area contributed by atoms with Gasteiger partial charge in [0.2, 0.25) is 0 Å². The summed E-state index contributed by atoms with van der Waals surface area (Å²) in [5.41, 5.74) is 1.99. The smallest absolute Gasteiger partial charge is 0.315 e. The minimum Gasteiger partial charge on any atom is -0.494 e. The van der Waals surface area contributed by atoms with Crippen LogP contribution < -0.4 is 20.1 Å². The Kier molecular flexibility index (Phi) is 6.04. The Balaban J connectivity index is 1.64. The maximum atomic E-state index is 12.5. The molecule has 0 aliphatic carbocycles. The molecule has 1 aliphatic rings. The zero-order chi connectivity index (χ0) is 18.5. The van der Waals surface area contributed by atoms with Crippen LogP contribution in [0, 0.1) is 0 Å². The molecule has 2 aromatic rings. The molecule has 3 rings (SSSR count). The molecule has 2 atom stereocenters. The van der Waals surface area contributed by atoms with E-state index in [9.17, 15) is 4.79 Å². The topological polar surface area (TPSA) is 59.6 Å². The van der Waals surface area contributed by atoms with Gasteiger partial charge in [0.15, 0.2) is 0 Å². The number of amides is 2. The highest BCUT2D eigenvalue weighted by molar-refractivity contribution is 9.10. The number of carbonyl (C=O) groups is 1. The van der Waals surface area contributed by atoms with E-state index in [1.807, 2.05) is 56.3 Å². The number of fused-ring (bicyclic) bond motifs is 1. The summed E-state index contributed by atoms with van der Waals surface area (Å²) >= 11 is 3.48.